The van der Waals surface area contributed by atoms with Gasteiger partial charge in [0.1, 0.15) is 11.5 Å². The maximum atomic E-state index is 13.0. The Balaban J connectivity index is 1.70. The van der Waals surface area contributed by atoms with Crippen molar-refractivity contribution in [3.05, 3.63) is 71.3 Å². The number of methoxy groups -OCH3 is 1. The van der Waals surface area contributed by atoms with Crippen molar-refractivity contribution in [1.29, 1.82) is 0 Å². The molecular formula is C24H26N2O5. The molecule has 162 valence electrons. The zero-order chi connectivity index (χ0) is 21.8. The summed E-state index contributed by atoms with van der Waals surface area (Å²) in [6.45, 7) is 3.96. The molecule has 0 spiro atoms. The van der Waals surface area contributed by atoms with E-state index in [1.807, 2.05) is 30.3 Å². The fourth-order valence-corrected chi connectivity index (χ4v) is 4.07. The highest BCUT2D eigenvalue weighted by molar-refractivity contribution is 6.46. The van der Waals surface area contributed by atoms with Gasteiger partial charge in [0.15, 0.2) is 0 Å². The van der Waals surface area contributed by atoms with Crippen molar-refractivity contribution in [2.45, 2.75) is 6.04 Å². The van der Waals surface area contributed by atoms with Gasteiger partial charge in [0.25, 0.3) is 11.7 Å². The van der Waals surface area contributed by atoms with Crippen LogP contribution in [0, 0.1) is 0 Å². The van der Waals surface area contributed by atoms with E-state index in [9.17, 15) is 14.7 Å². The Morgan fingerprint density at radius 1 is 1.03 bits per heavy atom. The van der Waals surface area contributed by atoms with E-state index >= 15 is 0 Å². The third-order valence-electron chi connectivity index (χ3n) is 5.78. The molecule has 1 atom stereocenters. The van der Waals surface area contributed by atoms with E-state index in [1.54, 1.807) is 36.3 Å². The predicted octanol–water partition coefficient (Wildman–Crippen LogP) is 2.45. The molecule has 0 unspecified atom stereocenters. The number of aliphatic hydroxyl groups is 1. The van der Waals surface area contributed by atoms with Gasteiger partial charge in [-0.05, 0) is 29.8 Å². The summed E-state index contributed by atoms with van der Waals surface area (Å²) in [5.74, 6) is -0.785. The molecule has 31 heavy (non-hydrogen) atoms. The molecule has 0 aliphatic carbocycles. The van der Waals surface area contributed by atoms with Crippen molar-refractivity contribution in [3.63, 3.8) is 0 Å². The summed E-state index contributed by atoms with van der Waals surface area (Å²) in [4.78, 5) is 29.8. The van der Waals surface area contributed by atoms with Crippen LogP contribution >= 0.6 is 0 Å². The molecule has 0 radical (unpaired) electrons. The van der Waals surface area contributed by atoms with E-state index in [1.165, 1.54) is 0 Å². The molecule has 2 saturated heterocycles. The smallest absolute Gasteiger partial charge is 0.295 e. The van der Waals surface area contributed by atoms with Crippen LogP contribution in [0.15, 0.2) is 60.2 Å². The average molecular weight is 422 g/mol. The third kappa shape index (κ3) is 4.33. The Morgan fingerprint density at radius 2 is 1.71 bits per heavy atom. The monoisotopic (exact) mass is 422 g/mol. The fraction of sp³-hybridized carbons (Fsp3) is 0.333. The zero-order valence-corrected chi connectivity index (χ0v) is 17.5. The Morgan fingerprint density at radius 3 is 2.35 bits per heavy atom. The molecular weight excluding hydrogens is 396 g/mol. The number of aliphatic hydroxyl groups excluding tert-OH is 1. The third-order valence-corrected chi connectivity index (χ3v) is 5.78. The van der Waals surface area contributed by atoms with Gasteiger partial charge in [-0.3, -0.25) is 14.5 Å². The van der Waals surface area contributed by atoms with Crippen molar-refractivity contribution in [2.75, 3.05) is 46.5 Å². The van der Waals surface area contributed by atoms with E-state index in [-0.39, 0.29) is 11.3 Å². The van der Waals surface area contributed by atoms with Gasteiger partial charge in [0.2, 0.25) is 0 Å². The number of benzene rings is 2. The largest absolute Gasteiger partial charge is 0.507 e. The average Bonchev–Trinajstić information content (AvgIpc) is 3.08. The van der Waals surface area contributed by atoms with Crippen LogP contribution < -0.4 is 4.74 Å². The number of ether oxygens (including phenoxy) is 2. The van der Waals surface area contributed by atoms with Crippen molar-refractivity contribution in [2.24, 2.45) is 0 Å². The van der Waals surface area contributed by atoms with Crippen LogP contribution in [-0.2, 0) is 14.3 Å². The predicted molar refractivity (Wildman–Crippen MR) is 116 cm³/mol. The lowest BCUT2D eigenvalue weighted by Gasteiger charge is -2.31. The number of morpholine rings is 1. The normalized spacial score (nSPS) is 21.5. The van der Waals surface area contributed by atoms with E-state index in [4.69, 9.17) is 9.47 Å². The van der Waals surface area contributed by atoms with Crippen molar-refractivity contribution in [1.82, 2.24) is 9.80 Å². The Hall–Kier alpha value is -3.16. The summed E-state index contributed by atoms with van der Waals surface area (Å²) in [6, 6.07) is 15.5. The number of rotatable bonds is 6. The van der Waals surface area contributed by atoms with Crippen LogP contribution in [0.5, 0.6) is 5.75 Å². The summed E-state index contributed by atoms with van der Waals surface area (Å²) < 4.78 is 10.6. The van der Waals surface area contributed by atoms with E-state index in [0.29, 0.717) is 37.6 Å². The minimum absolute atomic E-state index is 0.114. The van der Waals surface area contributed by atoms with Crippen LogP contribution in [0.2, 0.25) is 0 Å². The van der Waals surface area contributed by atoms with Crippen LogP contribution in [0.3, 0.4) is 0 Å². The topological polar surface area (TPSA) is 79.3 Å². The van der Waals surface area contributed by atoms with Gasteiger partial charge in [-0.1, -0.05) is 30.3 Å². The first kappa shape index (κ1) is 21.1. The Bertz CT molecular complexity index is 965. The molecule has 2 aromatic carbocycles. The molecule has 7 nitrogen and oxygen atoms in total. The molecule has 0 saturated carbocycles. The fourth-order valence-electron chi connectivity index (χ4n) is 4.07. The SMILES string of the molecule is COc1ccc(C(O)=C2C(=O)C(=O)N(CCN3CCOCC3)[C@@H]2c2ccccc2)cc1. The van der Waals surface area contributed by atoms with Crippen molar-refractivity contribution >= 4 is 17.4 Å². The van der Waals surface area contributed by atoms with Gasteiger partial charge in [0.05, 0.1) is 31.9 Å². The number of Topliss-reactive ketones (excluding diaryl/α,β-unsaturated/α-hetero) is 1. The molecule has 2 fully saturated rings. The maximum Gasteiger partial charge on any atom is 0.295 e. The summed E-state index contributed by atoms with van der Waals surface area (Å²) >= 11 is 0. The number of carbonyl (C=O) groups excluding carboxylic acids is 2. The second-order valence-corrected chi connectivity index (χ2v) is 7.59. The first-order valence-electron chi connectivity index (χ1n) is 10.4. The second-order valence-electron chi connectivity index (χ2n) is 7.59. The van der Waals surface area contributed by atoms with Crippen LogP contribution in [-0.4, -0.2) is 73.1 Å². The molecule has 1 amide bonds. The van der Waals surface area contributed by atoms with Crippen LogP contribution in [0.4, 0.5) is 0 Å². The second kappa shape index (κ2) is 9.32. The van der Waals surface area contributed by atoms with Gasteiger partial charge in [-0.2, -0.15) is 0 Å². The number of amides is 1. The number of hydrogen-bond acceptors (Lipinski definition) is 6. The van der Waals surface area contributed by atoms with Gasteiger partial charge < -0.3 is 19.5 Å². The van der Waals surface area contributed by atoms with E-state index < -0.39 is 17.7 Å². The molecule has 0 aromatic heterocycles. The van der Waals surface area contributed by atoms with Gasteiger partial charge in [-0.25, -0.2) is 0 Å². The summed E-state index contributed by atoms with van der Waals surface area (Å²) in [6.07, 6.45) is 0. The lowest BCUT2D eigenvalue weighted by molar-refractivity contribution is -0.140. The van der Waals surface area contributed by atoms with Crippen molar-refractivity contribution in [3.8, 4) is 5.75 Å². The number of likely N-dealkylation sites (tertiary alicyclic amines) is 1. The zero-order valence-electron chi connectivity index (χ0n) is 17.5. The molecule has 4 rings (SSSR count). The molecule has 0 bridgehead atoms. The standard InChI is InChI=1S/C24H26N2O5/c1-30-19-9-7-18(8-10-19)22(27)20-21(17-5-3-2-4-6-17)26(24(29)23(20)28)12-11-25-13-15-31-16-14-25/h2-10,21,27H,11-16H2,1H3/t21-/m1/s1. The number of ketones is 1. The molecule has 1 N–H and O–H groups in total. The van der Waals surface area contributed by atoms with E-state index in [0.717, 1.165) is 18.7 Å². The van der Waals surface area contributed by atoms with Crippen LogP contribution in [0.1, 0.15) is 17.2 Å². The minimum atomic E-state index is -0.663. The number of nitrogens with zero attached hydrogens (tertiary/aromatic N) is 2. The highest BCUT2D eigenvalue weighted by Gasteiger charge is 2.45. The number of hydrogen-bond donors (Lipinski definition) is 1. The molecule has 2 aromatic rings. The summed E-state index contributed by atoms with van der Waals surface area (Å²) in [5, 5.41) is 11.1. The van der Waals surface area contributed by atoms with Crippen LogP contribution in [0.25, 0.3) is 5.76 Å². The number of carbonyl (C=O) groups is 2. The quantitative estimate of drug-likeness (QED) is 0.438. The highest BCUT2D eigenvalue weighted by atomic mass is 16.5. The molecule has 2 aliphatic rings. The van der Waals surface area contributed by atoms with E-state index in [2.05, 4.69) is 4.90 Å². The minimum Gasteiger partial charge on any atom is -0.507 e. The molecule has 7 heteroatoms. The lowest BCUT2D eigenvalue weighted by Crippen LogP contribution is -2.42. The van der Waals surface area contributed by atoms with Gasteiger partial charge >= 0.3 is 0 Å². The van der Waals surface area contributed by atoms with Gasteiger partial charge in [-0.15, -0.1) is 0 Å². The first-order chi connectivity index (χ1) is 15.1. The highest BCUT2D eigenvalue weighted by Crippen LogP contribution is 2.39. The Kier molecular flexibility index (Phi) is 6.34. The maximum absolute atomic E-state index is 13.0. The van der Waals surface area contributed by atoms with Crippen molar-refractivity contribution < 1.29 is 24.2 Å². The molecule has 2 aliphatic heterocycles. The van der Waals surface area contributed by atoms with Gasteiger partial charge in [0, 0.05) is 31.7 Å². The summed E-state index contributed by atoms with van der Waals surface area (Å²) in [7, 11) is 1.56. The first-order valence-corrected chi connectivity index (χ1v) is 10.4. The lowest BCUT2D eigenvalue weighted by atomic mass is 9.95. The Labute approximate surface area is 181 Å². The summed E-state index contributed by atoms with van der Waals surface area (Å²) in [5.41, 5.74) is 1.37. The molecule has 2 heterocycles.